The molecule has 3 aromatic rings. The van der Waals surface area contributed by atoms with E-state index in [1.807, 2.05) is 35.7 Å². The average molecular weight is 336 g/mol. The lowest BCUT2D eigenvalue weighted by Gasteiger charge is -2.12. The summed E-state index contributed by atoms with van der Waals surface area (Å²) >= 11 is 1.49. The van der Waals surface area contributed by atoms with Crippen LogP contribution < -0.4 is 0 Å². The number of nitrogens with zero attached hydrogens (tertiary/aromatic N) is 2. The van der Waals surface area contributed by atoms with E-state index in [1.165, 1.54) is 11.3 Å². The van der Waals surface area contributed by atoms with E-state index < -0.39 is 11.8 Å². The Bertz CT molecular complexity index is 886. The largest absolute Gasteiger partial charge is 0.285 e. The van der Waals surface area contributed by atoms with Crippen molar-refractivity contribution in [3.8, 4) is 10.6 Å². The maximum absolute atomic E-state index is 12.2. The number of hydroxylamine groups is 2. The first-order valence-electron chi connectivity index (χ1n) is 7.34. The zero-order chi connectivity index (χ0) is 16.5. The quantitative estimate of drug-likeness (QED) is 0.684. The number of hydrogen-bond donors (Lipinski definition) is 0. The molecule has 0 N–H and O–H groups in total. The van der Waals surface area contributed by atoms with Crippen molar-refractivity contribution >= 4 is 23.2 Å². The van der Waals surface area contributed by atoms with Crippen LogP contribution >= 0.6 is 11.3 Å². The molecule has 0 atom stereocenters. The molecule has 1 aliphatic rings. The number of benzene rings is 2. The highest BCUT2D eigenvalue weighted by atomic mass is 32.1. The Kier molecular flexibility index (Phi) is 3.68. The van der Waals surface area contributed by atoms with Gasteiger partial charge in [0.2, 0.25) is 0 Å². The van der Waals surface area contributed by atoms with Crippen LogP contribution in [0.4, 0.5) is 0 Å². The zero-order valence-corrected chi connectivity index (χ0v) is 13.3. The van der Waals surface area contributed by atoms with E-state index in [-0.39, 0.29) is 6.61 Å². The molecule has 6 heteroatoms. The van der Waals surface area contributed by atoms with Gasteiger partial charge in [0.05, 0.1) is 16.8 Å². The normalized spacial score (nSPS) is 13.4. The molecule has 4 rings (SSSR count). The van der Waals surface area contributed by atoms with Crippen LogP contribution in [0, 0.1) is 0 Å². The Hall–Kier alpha value is -2.83. The minimum Gasteiger partial charge on any atom is -0.266 e. The van der Waals surface area contributed by atoms with E-state index in [2.05, 4.69) is 4.98 Å². The van der Waals surface area contributed by atoms with Gasteiger partial charge in [-0.2, -0.15) is 0 Å². The van der Waals surface area contributed by atoms with Crippen molar-refractivity contribution in [2.24, 2.45) is 0 Å². The summed E-state index contributed by atoms with van der Waals surface area (Å²) in [6, 6.07) is 16.5. The van der Waals surface area contributed by atoms with Crippen LogP contribution in [0.25, 0.3) is 10.6 Å². The Labute approximate surface area is 142 Å². The number of carbonyl (C=O) groups excluding carboxylic acids is 2. The van der Waals surface area contributed by atoms with Gasteiger partial charge in [-0.3, -0.25) is 14.4 Å². The SMILES string of the molecule is O=C1c2ccccc2C(=O)N1OCc1csc(-c2ccccc2)n1. The summed E-state index contributed by atoms with van der Waals surface area (Å²) in [6.45, 7) is 0.0643. The Morgan fingerprint density at radius 1 is 0.917 bits per heavy atom. The van der Waals surface area contributed by atoms with Gasteiger partial charge in [0, 0.05) is 10.9 Å². The van der Waals surface area contributed by atoms with Gasteiger partial charge in [-0.25, -0.2) is 4.98 Å². The first kappa shape index (κ1) is 14.7. The Morgan fingerprint density at radius 3 is 2.21 bits per heavy atom. The van der Waals surface area contributed by atoms with E-state index in [4.69, 9.17) is 4.84 Å². The highest BCUT2D eigenvalue weighted by Crippen LogP contribution is 2.26. The molecule has 5 nitrogen and oxygen atoms in total. The Balaban J connectivity index is 1.48. The van der Waals surface area contributed by atoms with E-state index >= 15 is 0 Å². The fraction of sp³-hybridized carbons (Fsp3) is 0.0556. The lowest BCUT2D eigenvalue weighted by molar-refractivity contribution is -0.101. The molecule has 2 amide bonds. The van der Waals surface area contributed by atoms with Crippen molar-refractivity contribution in [2.75, 3.05) is 0 Å². The van der Waals surface area contributed by atoms with Crippen molar-refractivity contribution in [2.45, 2.75) is 6.61 Å². The van der Waals surface area contributed by atoms with Crippen molar-refractivity contribution in [1.29, 1.82) is 0 Å². The topological polar surface area (TPSA) is 59.5 Å². The van der Waals surface area contributed by atoms with Crippen LogP contribution in [0.5, 0.6) is 0 Å². The molecular weight excluding hydrogens is 324 g/mol. The van der Waals surface area contributed by atoms with Crippen LogP contribution in [-0.4, -0.2) is 21.9 Å². The molecule has 0 unspecified atom stereocenters. The fourth-order valence-electron chi connectivity index (χ4n) is 2.50. The molecule has 2 aromatic carbocycles. The lowest BCUT2D eigenvalue weighted by atomic mass is 10.1. The van der Waals surface area contributed by atoms with Gasteiger partial charge in [-0.05, 0) is 12.1 Å². The van der Waals surface area contributed by atoms with Gasteiger partial charge >= 0.3 is 0 Å². The van der Waals surface area contributed by atoms with Gasteiger partial charge in [0.25, 0.3) is 11.8 Å². The molecule has 1 aliphatic heterocycles. The summed E-state index contributed by atoms with van der Waals surface area (Å²) in [5.74, 6) is -0.872. The number of imide groups is 1. The molecule has 118 valence electrons. The van der Waals surface area contributed by atoms with Gasteiger partial charge in [0.1, 0.15) is 11.6 Å². The van der Waals surface area contributed by atoms with Crippen molar-refractivity contribution in [3.05, 3.63) is 76.8 Å². The number of carbonyl (C=O) groups is 2. The number of rotatable bonds is 4. The third-order valence-electron chi connectivity index (χ3n) is 3.67. The van der Waals surface area contributed by atoms with Crippen LogP contribution in [0.3, 0.4) is 0 Å². The standard InChI is InChI=1S/C18H12N2O3S/c21-17-14-8-4-5-9-15(14)18(22)20(17)23-10-13-11-24-16(19-13)12-6-2-1-3-7-12/h1-9,11H,10H2. The Morgan fingerprint density at radius 2 is 1.54 bits per heavy atom. The van der Waals surface area contributed by atoms with Crippen molar-refractivity contribution in [3.63, 3.8) is 0 Å². The summed E-state index contributed by atoms with van der Waals surface area (Å²) in [5, 5.41) is 3.55. The summed E-state index contributed by atoms with van der Waals surface area (Å²) in [6.07, 6.45) is 0. The van der Waals surface area contributed by atoms with Gasteiger partial charge in [-0.1, -0.05) is 42.5 Å². The first-order valence-corrected chi connectivity index (χ1v) is 8.22. The highest BCUT2D eigenvalue weighted by Gasteiger charge is 2.36. The van der Waals surface area contributed by atoms with Gasteiger partial charge in [-0.15, -0.1) is 16.4 Å². The smallest absolute Gasteiger partial charge is 0.266 e. The van der Waals surface area contributed by atoms with E-state index in [0.29, 0.717) is 16.8 Å². The fourth-order valence-corrected chi connectivity index (χ4v) is 3.31. The zero-order valence-electron chi connectivity index (χ0n) is 12.5. The summed E-state index contributed by atoms with van der Waals surface area (Å²) < 4.78 is 0. The molecule has 0 saturated heterocycles. The summed E-state index contributed by atoms with van der Waals surface area (Å²) in [4.78, 5) is 34.3. The summed E-state index contributed by atoms with van der Waals surface area (Å²) in [7, 11) is 0. The molecule has 0 spiro atoms. The third kappa shape index (κ3) is 2.51. The minimum absolute atomic E-state index is 0.0643. The maximum atomic E-state index is 12.2. The monoisotopic (exact) mass is 336 g/mol. The maximum Gasteiger partial charge on any atom is 0.285 e. The van der Waals surface area contributed by atoms with E-state index in [9.17, 15) is 9.59 Å². The van der Waals surface area contributed by atoms with Gasteiger partial charge < -0.3 is 0 Å². The second-order valence-electron chi connectivity index (χ2n) is 5.23. The molecule has 2 heterocycles. The van der Waals surface area contributed by atoms with Crippen LogP contribution in [0.15, 0.2) is 60.0 Å². The molecule has 0 fully saturated rings. The number of thiazole rings is 1. The molecule has 0 saturated carbocycles. The van der Waals surface area contributed by atoms with Crippen molar-refractivity contribution in [1.82, 2.24) is 10.0 Å². The molecule has 24 heavy (non-hydrogen) atoms. The minimum atomic E-state index is -0.436. The predicted octanol–water partition coefficient (Wildman–Crippen LogP) is 3.54. The van der Waals surface area contributed by atoms with E-state index in [0.717, 1.165) is 15.6 Å². The second kappa shape index (κ2) is 5.99. The molecule has 0 aliphatic carbocycles. The number of aromatic nitrogens is 1. The number of fused-ring (bicyclic) bond motifs is 1. The lowest BCUT2D eigenvalue weighted by Crippen LogP contribution is -2.29. The second-order valence-corrected chi connectivity index (χ2v) is 6.09. The number of hydrogen-bond acceptors (Lipinski definition) is 5. The first-order chi connectivity index (χ1) is 11.7. The number of amides is 2. The highest BCUT2D eigenvalue weighted by molar-refractivity contribution is 7.13. The third-order valence-corrected chi connectivity index (χ3v) is 4.61. The molecule has 1 aromatic heterocycles. The van der Waals surface area contributed by atoms with Crippen LogP contribution in [0.1, 0.15) is 26.4 Å². The van der Waals surface area contributed by atoms with Crippen molar-refractivity contribution < 1.29 is 14.4 Å². The molecular formula is C18H12N2O3S. The average Bonchev–Trinajstić information content (AvgIpc) is 3.19. The van der Waals surface area contributed by atoms with Crippen LogP contribution in [-0.2, 0) is 11.4 Å². The molecule has 0 bridgehead atoms. The van der Waals surface area contributed by atoms with Crippen LogP contribution in [0.2, 0.25) is 0 Å². The predicted molar refractivity (Wildman–Crippen MR) is 89.3 cm³/mol. The van der Waals surface area contributed by atoms with Gasteiger partial charge in [0.15, 0.2) is 0 Å². The summed E-state index contributed by atoms with van der Waals surface area (Å²) in [5.41, 5.74) is 2.43. The molecule has 0 radical (unpaired) electrons. The van der Waals surface area contributed by atoms with E-state index in [1.54, 1.807) is 24.3 Å².